The van der Waals surface area contributed by atoms with Gasteiger partial charge in [0.1, 0.15) is 5.41 Å². The molecule has 0 radical (unpaired) electrons. The Morgan fingerprint density at radius 3 is 2.79 bits per heavy atom. The summed E-state index contributed by atoms with van der Waals surface area (Å²) in [5.74, 6) is 0.661. The minimum Gasteiger partial charge on any atom is -0.465 e. The first kappa shape index (κ1) is 12.4. The lowest BCUT2D eigenvalue weighted by Gasteiger charge is -2.24. The van der Waals surface area contributed by atoms with E-state index in [1.165, 1.54) is 0 Å². The molecule has 104 valence electrons. The first-order chi connectivity index (χ1) is 9.26. The van der Waals surface area contributed by atoms with Crippen LogP contribution in [0.1, 0.15) is 25.7 Å². The monoisotopic (exact) mass is 267 g/mol. The van der Waals surface area contributed by atoms with Gasteiger partial charge in [-0.05, 0) is 24.9 Å². The highest BCUT2D eigenvalue weighted by Crippen LogP contribution is 2.48. The van der Waals surface area contributed by atoms with Gasteiger partial charge < -0.3 is 18.9 Å². The summed E-state index contributed by atoms with van der Waals surface area (Å²) in [5, 5.41) is 3.97. The minimum absolute atomic E-state index is 0.257. The lowest BCUT2D eigenvalue weighted by atomic mass is 10.1. The van der Waals surface area contributed by atoms with Crippen molar-refractivity contribution in [3.63, 3.8) is 0 Å². The van der Waals surface area contributed by atoms with E-state index in [4.69, 9.17) is 14.0 Å². The average molecular weight is 267 g/mol. The highest BCUT2D eigenvalue weighted by Gasteiger charge is 2.57. The number of nitrogens with zero attached hydrogens (tertiary/aromatic N) is 3. The lowest BCUT2D eigenvalue weighted by Crippen LogP contribution is -2.37. The summed E-state index contributed by atoms with van der Waals surface area (Å²) in [6.07, 6.45) is 1.44. The van der Waals surface area contributed by atoms with Crippen LogP contribution in [0.15, 0.2) is 4.52 Å². The predicted molar refractivity (Wildman–Crippen MR) is 64.9 cm³/mol. The van der Waals surface area contributed by atoms with Gasteiger partial charge in [0.2, 0.25) is 5.89 Å². The van der Waals surface area contributed by atoms with Gasteiger partial charge >= 0.3 is 5.97 Å². The molecule has 0 amide bonds. The quantitative estimate of drug-likeness (QED) is 0.735. The van der Waals surface area contributed by atoms with Crippen LogP contribution in [0.25, 0.3) is 0 Å². The molecule has 7 nitrogen and oxygen atoms in total. The summed E-state index contributed by atoms with van der Waals surface area (Å²) in [7, 11) is 0. The molecule has 1 aromatic heterocycles. The van der Waals surface area contributed by atoms with Crippen LogP contribution in [0.3, 0.4) is 0 Å². The third-order valence-corrected chi connectivity index (χ3v) is 3.53. The predicted octanol–water partition coefficient (Wildman–Crippen LogP) is 0.501. The number of carbonyl (C=O) groups excluding carboxylic acids is 1. The summed E-state index contributed by atoms with van der Waals surface area (Å²) >= 11 is 0. The van der Waals surface area contributed by atoms with E-state index in [1.54, 1.807) is 6.92 Å². The fourth-order valence-electron chi connectivity index (χ4n) is 2.20. The summed E-state index contributed by atoms with van der Waals surface area (Å²) in [5.41, 5.74) is -0.687. The maximum atomic E-state index is 11.9. The molecule has 0 spiro atoms. The van der Waals surface area contributed by atoms with Gasteiger partial charge in [-0.2, -0.15) is 4.98 Å². The number of ether oxygens (including phenoxy) is 2. The molecule has 1 aromatic rings. The van der Waals surface area contributed by atoms with Gasteiger partial charge in [-0.1, -0.05) is 0 Å². The van der Waals surface area contributed by atoms with Crippen molar-refractivity contribution in [3.05, 3.63) is 5.89 Å². The normalized spacial score (nSPS) is 21.2. The molecule has 2 aliphatic rings. The summed E-state index contributed by atoms with van der Waals surface area (Å²) in [6.45, 7) is 4.96. The van der Waals surface area contributed by atoms with E-state index >= 15 is 0 Å². The van der Waals surface area contributed by atoms with Crippen molar-refractivity contribution in [2.24, 2.45) is 0 Å². The SMILES string of the molecule is CCOC(=O)C1(c2nc(N3CCOCC3)no2)CC1. The molecule has 1 aliphatic heterocycles. The molecule has 1 saturated heterocycles. The van der Waals surface area contributed by atoms with Gasteiger partial charge in [-0.25, -0.2) is 0 Å². The Morgan fingerprint density at radius 1 is 1.42 bits per heavy atom. The molecule has 7 heteroatoms. The third kappa shape index (κ3) is 2.18. The molecule has 3 rings (SSSR count). The lowest BCUT2D eigenvalue weighted by molar-refractivity contribution is -0.146. The van der Waals surface area contributed by atoms with E-state index in [-0.39, 0.29) is 5.97 Å². The molecule has 0 N–H and O–H groups in total. The molecule has 0 unspecified atom stereocenters. The van der Waals surface area contributed by atoms with Crippen LogP contribution >= 0.6 is 0 Å². The van der Waals surface area contributed by atoms with Crippen molar-refractivity contribution < 1.29 is 18.8 Å². The number of hydrogen-bond acceptors (Lipinski definition) is 7. The first-order valence-corrected chi connectivity index (χ1v) is 6.60. The standard InChI is InChI=1S/C12H17N3O4/c1-2-18-10(16)12(3-4-12)9-13-11(14-19-9)15-5-7-17-8-6-15/h2-8H2,1H3. The zero-order chi connectivity index (χ0) is 13.3. The van der Waals surface area contributed by atoms with Crippen molar-refractivity contribution in [1.82, 2.24) is 10.1 Å². The highest BCUT2D eigenvalue weighted by atomic mass is 16.5. The van der Waals surface area contributed by atoms with Crippen LogP contribution < -0.4 is 4.90 Å². The van der Waals surface area contributed by atoms with Crippen LogP contribution in [0.5, 0.6) is 0 Å². The maximum absolute atomic E-state index is 11.9. The maximum Gasteiger partial charge on any atom is 0.321 e. The zero-order valence-corrected chi connectivity index (χ0v) is 10.9. The molecule has 0 bridgehead atoms. The van der Waals surface area contributed by atoms with Crippen LogP contribution in [0.2, 0.25) is 0 Å². The first-order valence-electron chi connectivity index (χ1n) is 6.60. The largest absolute Gasteiger partial charge is 0.465 e. The number of aromatic nitrogens is 2. The van der Waals surface area contributed by atoms with Crippen molar-refractivity contribution in [1.29, 1.82) is 0 Å². The van der Waals surface area contributed by atoms with Crippen LogP contribution in [-0.2, 0) is 19.7 Å². The number of esters is 1. The number of anilines is 1. The summed E-state index contributed by atoms with van der Waals surface area (Å²) < 4.78 is 15.6. The Hall–Kier alpha value is -1.63. The van der Waals surface area contributed by atoms with E-state index in [0.29, 0.717) is 31.7 Å². The van der Waals surface area contributed by atoms with E-state index in [2.05, 4.69) is 10.1 Å². The summed E-state index contributed by atoms with van der Waals surface area (Å²) in [6, 6.07) is 0. The average Bonchev–Trinajstić information content (AvgIpc) is 3.11. The number of morpholine rings is 1. The second kappa shape index (κ2) is 4.80. The molecule has 2 heterocycles. The molecule has 0 aromatic carbocycles. The molecule has 19 heavy (non-hydrogen) atoms. The van der Waals surface area contributed by atoms with Gasteiger partial charge in [0, 0.05) is 13.1 Å². The second-order valence-electron chi connectivity index (χ2n) is 4.80. The minimum atomic E-state index is -0.687. The Bertz CT molecular complexity index is 463. The summed E-state index contributed by atoms with van der Waals surface area (Å²) in [4.78, 5) is 18.3. The highest BCUT2D eigenvalue weighted by molar-refractivity contribution is 5.85. The van der Waals surface area contributed by atoms with E-state index < -0.39 is 5.41 Å². The van der Waals surface area contributed by atoms with Gasteiger partial charge in [0.15, 0.2) is 0 Å². The smallest absolute Gasteiger partial charge is 0.321 e. The topological polar surface area (TPSA) is 77.7 Å². The van der Waals surface area contributed by atoms with Gasteiger partial charge in [-0.3, -0.25) is 4.79 Å². The fraction of sp³-hybridized carbons (Fsp3) is 0.750. The molecular formula is C12H17N3O4. The Kier molecular flexibility index (Phi) is 3.14. The van der Waals surface area contributed by atoms with E-state index in [1.807, 2.05) is 4.90 Å². The van der Waals surface area contributed by atoms with Crippen molar-refractivity contribution >= 4 is 11.9 Å². The molecule has 2 fully saturated rings. The van der Waals surface area contributed by atoms with Gasteiger partial charge in [-0.15, -0.1) is 0 Å². The second-order valence-corrected chi connectivity index (χ2v) is 4.80. The van der Waals surface area contributed by atoms with Crippen LogP contribution in [0.4, 0.5) is 5.95 Å². The Balaban J connectivity index is 1.75. The Labute approximate surface area is 110 Å². The third-order valence-electron chi connectivity index (χ3n) is 3.53. The van der Waals surface area contributed by atoms with Crippen molar-refractivity contribution in [3.8, 4) is 0 Å². The molecule has 1 aliphatic carbocycles. The van der Waals surface area contributed by atoms with Crippen molar-refractivity contribution in [2.75, 3.05) is 37.8 Å². The van der Waals surface area contributed by atoms with Crippen molar-refractivity contribution in [2.45, 2.75) is 25.2 Å². The van der Waals surface area contributed by atoms with Gasteiger partial charge in [0.25, 0.3) is 5.95 Å². The molecule has 0 atom stereocenters. The number of rotatable bonds is 4. The van der Waals surface area contributed by atoms with Crippen LogP contribution in [0, 0.1) is 0 Å². The zero-order valence-electron chi connectivity index (χ0n) is 10.9. The number of hydrogen-bond donors (Lipinski definition) is 0. The number of carbonyl (C=O) groups is 1. The van der Waals surface area contributed by atoms with E-state index in [9.17, 15) is 4.79 Å². The molecule has 1 saturated carbocycles. The fourth-order valence-corrected chi connectivity index (χ4v) is 2.20. The van der Waals surface area contributed by atoms with E-state index in [0.717, 1.165) is 25.9 Å². The Morgan fingerprint density at radius 2 is 2.16 bits per heavy atom. The molecular weight excluding hydrogens is 250 g/mol. The van der Waals surface area contributed by atoms with Gasteiger partial charge in [0.05, 0.1) is 19.8 Å². The van der Waals surface area contributed by atoms with Crippen LogP contribution in [-0.4, -0.2) is 49.0 Å².